The van der Waals surface area contributed by atoms with Gasteiger partial charge in [-0.15, -0.1) is 0 Å². The molecule has 0 bridgehead atoms. The van der Waals surface area contributed by atoms with Gasteiger partial charge in [-0.1, -0.05) is 29.8 Å². The maximum Gasteiger partial charge on any atom is 0.255 e. The zero-order chi connectivity index (χ0) is 18.8. The Bertz CT molecular complexity index is 922. The van der Waals surface area contributed by atoms with Crippen LogP contribution in [0.25, 0.3) is 0 Å². The van der Waals surface area contributed by atoms with Gasteiger partial charge in [-0.2, -0.15) is 16.4 Å². The van der Waals surface area contributed by atoms with E-state index in [9.17, 15) is 4.79 Å². The standard InChI is InChI=1S/C20H22N4O2S/c1-13-4-3-5-15(8-13)11-26-17-9-18(19-21-14(2)22-23-19)24(10-17)20(25)16-6-7-27-12-16/h3-8,12,17-18H,9-11H2,1-2H3,(H,21,22,23)/t17-,18-/m0/s1. The molecule has 2 atom stereocenters. The van der Waals surface area contributed by atoms with Crippen LogP contribution in [-0.4, -0.2) is 38.6 Å². The molecule has 4 rings (SSSR count). The quantitative estimate of drug-likeness (QED) is 0.731. The normalized spacial score (nSPS) is 19.6. The van der Waals surface area contributed by atoms with Crippen LogP contribution in [0.2, 0.25) is 0 Å². The summed E-state index contributed by atoms with van der Waals surface area (Å²) in [6.07, 6.45) is 0.649. The average Bonchev–Trinajstić information content (AvgIpc) is 3.40. The van der Waals surface area contributed by atoms with Crippen LogP contribution in [0, 0.1) is 13.8 Å². The third kappa shape index (κ3) is 3.94. The summed E-state index contributed by atoms with van der Waals surface area (Å²) in [4.78, 5) is 19.3. The lowest BCUT2D eigenvalue weighted by Gasteiger charge is -2.21. The molecule has 3 aromatic rings. The number of amides is 1. The Hall–Kier alpha value is -2.51. The van der Waals surface area contributed by atoms with Crippen molar-refractivity contribution in [2.75, 3.05) is 6.54 Å². The molecule has 0 radical (unpaired) electrons. The molecular formula is C20H22N4O2S. The fourth-order valence-electron chi connectivity index (χ4n) is 3.46. The topological polar surface area (TPSA) is 71.1 Å². The lowest BCUT2D eigenvalue weighted by molar-refractivity contribution is 0.0437. The zero-order valence-corrected chi connectivity index (χ0v) is 16.2. The fourth-order valence-corrected chi connectivity index (χ4v) is 4.09. The summed E-state index contributed by atoms with van der Waals surface area (Å²) in [5, 5.41) is 11.0. The average molecular weight is 382 g/mol. The van der Waals surface area contributed by atoms with E-state index in [0.717, 1.165) is 11.4 Å². The Morgan fingerprint density at radius 3 is 2.96 bits per heavy atom. The summed E-state index contributed by atoms with van der Waals surface area (Å²) >= 11 is 1.52. The van der Waals surface area contributed by atoms with E-state index >= 15 is 0 Å². The molecule has 1 aliphatic rings. The molecular weight excluding hydrogens is 360 g/mol. The summed E-state index contributed by atoms with van der Waals surface area (Å²) < 4.78 is 6.14. The van der Waals surface area contributed by atoms with Crippen molar-refractivity contribution in [1.29, 1.82) is 0 Å². The highest BCUT2D eigenvalue weighted by molar-refractivity contribution is 7.08. The molecule has 6 nitrogen and oxygen atoms in total. The number of aromatic amines is 1. The van der Waals surface area contributed by atoms with E-state index < -0.39 is 0 Å². The number of hydrogen-bond donors (Lipinski definition) is 1. The summed E-state index contributed by atoms with van der Waals surface area (Å²) in [7, 11) is 0. The minimum atomic E-state index is -0.176. The Morgan fingerprint density at radius 1 is 1.37 bits per heavy atom. The van der Waals surface area contributed by atoms with Gasteiger partial charge in [-0.05, 0) is 30.9 Å². The summed E-state index contributed by atoms with van der Waals surface area (Å²) in [6, 6.07) is 9.97. The van der Waals surface area contributed by atoms with Crippen molar-refractivity contribution in [3.8, 4) is 0 Å². The first-order valence-electron chi connectivity index (χ1n) is 8.99. The van der Waals surface area contributed by atoms with E-state index in [0.29, 0.717) is 31.0 Å². The van der Waals surface area contributed by atoms with E-state index in [1.165, 1.54) is 16.9 Å². The van der Waals surface area contributed by atoms with Crippen molar-refractivity contribution < 1.29 is 9.53 Å². The third-order valence-corrected chi connectivity index (χ3v) is 5.46. The molecule has 27 heavy (non-hydrogen) atoms. The Kier molecular flexibility index (Phi) is 5.05. The molecule has 140 valence electrons. The first-order chi connectivity index (χ1) is 13.1. The second-order valence-corrected chi connectivity index (χ2v) is 7.70. The number of hydrogen-bond acceptors (Lipinski definition) is 5. The van der Waals surface area contributed by atoms with Crippen molar-refractivity contribution >= 4 is 17.2 Å². The number of thiophene rings is 1. The molecule has 1 aliphatic heterocycles. The van der Waals surface area contributed by atoms with Crippen LogP contribution in [-0.2, 0) is 11.3 Å². The molecule has 2 aromatic heterocycles. The van der Waals surface area contributed by atoms with Crippen LogP contribution in [0.4, 0.5) is 0 Å². The first kappa shape index (κ1) is 17.9. The van der Waals surface area contributed by atoms with Crippen molar-refractivity contribution in [2.24, 2.45) is 0 Å². The van der Waals surface area contributed by atoms with Crippen molar-refractivity contribution in [3.63, 3.8) is 0 Å². The number of ether oxygens (including phenoxy) is 1. The van der Waals surface area contributed by atoms with E-state index in [2.05, 4.69) is 40.3 Å². The maximum absolute atomic E-state index is 13.0. The fraction of sp³-hybridized carbons (Fsp3) is 0.350. The predicted octanol–water partition coefficient (Wildman–Crippen LogP) is 3.66. The molecule has 7 heteroatoms. The number of benzene rings is 1. The second-order valence-electron chi connectivity index (χ2n) is 6.92. The SMILES string of the molecule is Cc1cccc(CO[C@H]2C[C@@H](c3n[nH]c(C)n3)N(C(=O)c3ccsc3)C2)c1. The number of rotatable bonds is 5. The van der Waals surface area contributed by atoms with Crippen molar-refractivity contribution in [3.05, 3.63) is 69.4 Å². The van der Waals surface area contributed by atoms with Gasteiger partial charge in [0.1, 0.15) is 5.82 Å². The van der Waals surface area contributed by atoms with Crippen LogP contribution in [0.3, 0.4) is 0 Å². The van der Waals surface area contributed by atoms with Gasteiger partial charge in [0.15, 0.2) is 5.82 Å². The molecule has 1 N–H and O–H groups in total. The van der Waals surface area contributed by atoms with Gasteiger partial charge in [-0.3, -0.25) is 9.89 Å². The smallest absolute Gasteiger partial charge is 0.255 e. The molecule has 0 aliphatic carbocycles. The highest BCUT2D eigenvalue weighted by Gasteiger charge is 2.39. The number of H-pyrrole nitrogens is 1. The number of likely N-dealkylation sites (tertiary alicyclic amines) is 1. The summed E-state index contributed by atoms with van der Waals surface area (Å²) in [5.74, 6) is 1.40. The van der Waals surface area contributed by atoms with Crippen LogP contribution in [0.5, 0.6) is 0 Å². The number of carbonyl (C=O) groups excluding carboxylic acids is 1. The van der Waals surface area contributed by atoms with Crippen LogP contribution >= 0.6 is 11.3 Å². The van der Waals surface area contributed by atoms with Crippen LogP contribution in [0.1, 0.15) is 45.6 Å². The Labute approximate surface area is 162 Å². The molecule has 0 unspecified atom stereocenters. The minimum absolute atomic E-state index is 0.00496. The van der Waals surface area contributed by atoms with Gasteiger partial charge in [-0.25, -0.2) is 4.98 Å². The number of nitrogens with one attached hydrogen (secondary N) is 1. The molecule has 1 amide bonds. The van der Waals surface area contributed by atoms with E-state index in [4.69, 9.17) is 4.74 Å². The molecule has 0 spiro atoms. The van der Waals surface area contributed by atoms with E-state index in [1.54, 1.807) is 0 Å². The van der Waals surface area contributed by atoms with Crippen LogP contribution in [0.15, 0.2) is 41.1 Å². The molecule has 1 fully saturated rings. The van der Waals surface area contributed by atoms with Crippen molar-refractivity contribution in [1.82, 2.24) is 20.1 Å². The highest BCUT2D eigenvalue weighted by Crippen LogP contribution is 2.33. The Balaban J connectivity index is 1.51. The van der Waals surface area contributed by atoms with Gasteiger partial charge < -0.3 is 9.64 Å². The highest BCUT2D eigenvalue weighted by atomic mass is 32.1. The summed E-state index contributed by atoms with van der Waals surface area (Å²) in [5.41, 5.74) is 3.06. The molecule has 1 saturated heterocycles. The number of carbonyl (C=O) groups is 1. The lowest BCUT2D eigenvalue weighted by atomic mass is 10.1. The van der Waals surface area contributed by atoms with Gasteiger partial charge in [0.25, 0.3) is 5.91 Å². The predicted molar refractivity (Wildman–Crippen MR) is 104 cm³/mol. The Morgan fingerprint density at radius 2 is 2.26 bits per heavy atom. The van der Waals surface area contributed by atoms with Gasteiger partial charge in [0, 0.05) is 18.3 Å². The minimum Gasteiger partial charge on any atom is -0.372 e. The number of aryl methyl sites for hydroxylation is 2. The first-order valence-corrected chi connectivity index (χ1v) is 9.93. The molecule has 3 heterocycles. The van der Waals surface area contributed by atoms with Crippen LogP contribution < -0.4 is 0 Å². The lowest BCUT2D eigenvalue weighted by Crippen LogP contribution is -2.32. The van der Waals surface area contributed by atoms with Crippen molar-refractivity contribution in [2.45, 2.75) is 39.0 Å². The molecule has 0 saturated carbocycles. The monoisotopic (exact) mass is 382 g/mol. The van der Waals surface area contributed by atoms with E-state index in [-0.39, 0.29) is 18.1 Å². The largest absolute Gasteiger partial charge is 0.372 e. The second kappa shape index (κ2) is 7.62. The van der Waals surface area contributed by atoms with Gasteiger partial charge in [0.2, 0.25) is 0 Å². The van der Waals surface area contributed by atoms with Gasteiger partial charge >= 0.3 is 0 Å². The zero-order valence-electron chi connectivity index (χ0n) is 15.4. The summed E-state index contributed by atoms with van der Waals surface area (Å²) in [6.45, 7) is 5.01. The number of aromatic nitrogens is 3. The number of nitrogens with zero attached hydrogens (tertiary/aromatic N) is 3. The van der Waals surface area contributed by atoms with Gasteiger partial charge in [0.05, 0.1) is 24.3 Å². The van der Waals surface area contributed by atoms with E-state index in [1.807, 2.05) is 34.7 Å². The molecule has 1 aromatic carbocycles. The maximum atomic E-state index is 13.0. The third-order valence-electron chi connectivity index (χ3n) is 4.77.